The number of hydrogen-bond donors (Lipinski definition) is 1. The van der Waals surface area contributed by atoms with Gasteiger partial charge in [-0.1, -0.05) is 0 Å². The largest absolute Gasteiger partial charge is 0.492 e. The average Bonchev–Trinajstić information content (AvgIpc) is 2.65. The number of rotatable bonds is 4. The number of aromatic nitrogens is 2. The first kappa shape index (κ1) is 8.96. The maximum atomic E-state index is 5.45. The molecule has 0 saturated heterocycles. The van der Waals surface area contributed by atoms with E-state index in [9.17, 15) is 0 Å². The van der Waals surface area contributed by atoms with Gasteiger partial charge in [0, 0.05) is 12.6 Å². The first-order chi connectivity index (χ1) is 6.90. The van der Waals surface area contributed by atoms with E-state index in [1.54, 1.807) is 0 Å². The van der Waals surface area contributed by atoms with Crippen molar-refractivity contribution in [2.75, 3.05) is 20.2 Å². The van der Waals surface area contributed by atoms with Gasteiger partial charge in [0.15, 0.2) is 0 Å². The third-order valence-corrected chi connectivity index (χ3v) is 1.85. The summed E-state index contributed by atoms with van der Waals surface area (Å²) in [6.07, 6.45) is 0. The lowest BCUT2D eigenvalue weighted by Crippen LogP contribution is -2.15. The van der Waals surface area contributed by atoms with Gasteiger partial charge in [0.05, 0.1) is 0 Å². The number of likely N-dealkylation sites (N-methyl/N-ethyl adjacent to an activating group) is 1. The van der Waals surface area contributed by atoms with E-state index in [-0.39, 0.29) is 0 Å². The van der Waals surface area contributed by atoms with Crippen LogP contribution in [0, 0.1) is 0 Å². The molecule has 0 unspecified atom stereocenters. The van der Waals surface area contributed by atoms with Gasteiger partial charge in [0.1, 0.15) is 23.4 Å². The molecule has 0 saturated carbocycles. The highest BCUT2D eigenvalue weighted by Gasteiger charge is 2.01. The zero-order valence-electron chi connectivity index (χ0n) is 7.86. The highest BCUT2D eigenvalue weighted by atomic mass is 16.6. The Labute approximate surface area is 81.0 Å². The summed E-state index contributed by atoms with van der Waals surface area (Å²) in [7, 11) is 1.88. The van der Waals surface area contributed by atoms with Gasteiger partial charge >= 0.3 is 0 Å². The van der Waals surface area contributed by atoms with E-state index in [1.165, 1.54) is 0 Å². The second-order valence-corrected chi connectivity index (χ2v) is 2.87. The van der Waals surface area contributed by atoms with Crippen LogP contribution in [0.25, 0.3) is 11.0 Å². The standard InChI is InChI=1S/C9H11N3O2/c1-10-4-5-13-7-2-3-8-9(6-7)12-14-11-8/h2-3,6,10H,4-5H2,1H3. The fourth-order valence-corrected chi connectivity index (χ4v) is 1.12. The van der Waals surface area contributed by atoms with Crippen molar-refractivity contribution < 1.29 is 9.37 Å². The van der Waals surface area contributed by atoms with Crippen molar-refractivity contribution in [3.8, 4) is 5.75 Å². The molecule has 5 nitrogen and oxygen atoms in total. The van der Waals surface area contributed by atoms with Gasteiger partial charge < -0.3 is 10.1 Å². The highest BCUT2D eigenvalue weighted by molar-refractivity contribution is 5.74. The van der Waals surface area contributed by atoms with E-state index in [0.29, 0.717) is 12.1 Å². The SMILES string of the molecule is CNCCOc1ccc2nonc2c1. The number of nitrogens with zero attached hydrogens (tertiary/aromatic N) is 2. The summed E-state index contributed by atoms with van der Waals surface area (Å²) < 4.78 is 10.0. The predicted octanol–water partition coefficient (Wildman–Crippen LogP) is 0.821. The van der Waals surface area contributed by atoms with Crippen LogP contribution in [0.2, 0.25) is 0 Å². The zero-order chi connectivity index (χ0) is 9.80. The lowest BCUT2D eigenvalue weighted by Gasteiger charge is -2.04. The Morgan fingerprint density at radius 1 is 1.36 bits per heavy atom. The Morgan fingerprint density at radius 2 is 2.21 bits per heavy atom. The molecular formula is C9H11N3O2. The van der Waals surface area contributed by atoms with E-state index < -0.39 is 0 Å². The van der Waals surface area contributed by atoms with Crippen molar-refractivity contribution in [3.63, 3.8) is 0 Å². The van der Waals surface area contributed by atoms with Crippen LogP contribution in [-0.4, -0.2) is 30.5 Å². The second kappa shape index (κ2) is 4.06. The van der Waals surface area contributed by atoms with Gasteiger partial charge in [-0.25, -0.2) is 4.63 Å². The normalized spacial score (nSPS) is 10.6. The second-order valence-electron chi connectivity index (χ2n) is 2.87. The van der Waals surface area contributed by atoms with Crippen LogP contribution < -0.4 is 10.1 Å². The van der Waals surface area contributed by atoms with Crippen LogP contribution in [0.3, 0.4) is 0 Å². The third-order valence-electron chi connectivity index (χ3n) is 1.85. The van der Waals surface area contributed by atoms with Crippen molar-refractivity contribution in [2.24, 2.45) is 0 Å². The number of nitrogens with one attached hydrogen (secondary N) is 1. The maximum Gasteiger partial charge on any atom is 0.138 e. The summed E-state index contributed by atoms with van der Waals surface area (Å²) in [5.41, 5.74) is 1.46. The van der Waals surface area contributed by atoms with Crippen LogP contribution in [0.15, 0.2) is 22.8 Å². The summed E-state index contributed by atoms with van der Waals surface area (Å²) in [6.45, 7) is 1.45. The Kier molecular flexibility index (Phi) is 2.60. The first-order valence-electron chi connectivity index (χ1n) is 4.40. The lowest BCUT2D eigenvalue weighted by molar-refractivity contribution is 0.314. The maximum absolute atomic E-state index is 5.45. The van der Waals surface area contributed by atoms with Crippen LogP contribution in [0.1, 0.15) is 0 Å². The molecule has 2 aromatic rings. The number of ether oxygens (including phenoxy) is 1. The fourth-order valence-electron chi connectivity index (χ4n) is 1.12. The summed E-state index contributed by atoms with van der Waals surface area (Å²) in [5, 5.41) is 10.4. The van der Waals surface area contributed by atoms with Crippen molar-refractivity contribution >= 4 is 11.0 Å². The lowest BCUT2D eigenvalue weighted by atomic mass is 10.3. The molecule has 2 rings (SSSR count). The van der Waals surface area contributed by atoms with Crippen molar-refractivity contribution in [2.45, 2.75) is 0 Å². The molecule has 14 heavy (non-hydrogen) atoms. The molecule has 0 bridgehead atoms. The minimum Gasteiger partial charge on any atom is -0.492 e. The number of hydrogen-bond acceptors (Lipinski definition) is 5. The Bertz CT molecular complexity index is 413. The Morgan fingerprint density at radius 3 is 3.07 bits per heavy atom. The minimum atomic E-state index is 0.632. The van der Waals surface area contributed by atoms with E-state index >= 15 is 0 Å². The molecule has 0 aliphatic rings. The van der Waals surface area contributed by atoms with Gasteiger partial charge in [-0.3, -0.25) is 0 Å². The molecular weight excluding hydrogens is 182 g/mol. The van der Waals surface area contributed by atoms with E-state index in [2.05, 4.69) is 20.3 Å². The van der Waals surface area contributed by atoms with Gasteiger partial charge in [0.25, 0.3) is 0 Å². The molecule has 1 aromatic heterocycles. The summed E-state index contributed by atoms with van der Waals surface area (Å²) in [5.74, 6) is 0.781. The number of benzene rings is 1. The average molecular weight is 193 g/mol. The van der Waals surface area contributed by atoms with Crippen molar-refractivity contribution in [3.05, 3.63) is 18.2 Å². The van der Waals surface area contributed by atoms with Crippen LogP contribution in [0.4, 0.5) is 0 Å². The molecule has 1 N–H and O–H groups in total. The predicted molar refractivity (Wildman–Crippen MR) is 51.2 cm³/mol. The topological polar surface area (TPSA) is 60.2 Å². The van der Waals surface area contributed by atoms with Gasteiger partial charge in [-0.15, -0.1) is 0 Å². The molecule has 0 spiro atoms. The highest BCUT2D eigenvalue weighted by Crippen LogP contribution is 2.17. The third kappa shape index (κ3) is 1.82. The Balaban J connectivity index is 2.10. The molecule has 0 fully saturated rings. The van der Waals surface area contributed by atoms with Crippen LogP contribution >= 0.6 is 0 Å². The summed E-state index contributed by atoms with van der Waals surface area (Å²) in [4.78, 5) is 0. The summed E-state index contributed by atoms with van der Waals surface area (Å²) >= 11 is 0. The molecule has 0 aliphatic carbocycles. The first-order valence-corrected chi connectivity index (χ1v) is 4.40. The van der Waals surface area contributed by atoms with Crippen molar-refractivity contribution in [1.82, 2.24) is 15.6 Å². The monoisotopic (exact) mass is 193 g/mol. The smallest absolute Gasteiger partial charge is 0.138 e. The van der Waals surface area contributed by atoms with E-state index in [0.717, 1.165) is 17.8 Å². The molecule has 5 heteroatoms. The van der Waals surface area contributed by atoms with Crippen molar-refractivity contribution in [1.29, 1.82) is 0 Å². The molecule has 74 valence electrons. The van der Waals surface area contributed by atoms with E-state index in [1.807, 2.05) is 25.2 Å². The van der Waals surface area contributed by atoms with Gasteiger partial charge in [0.2, 0.25) is 0 Å². The molecule has 1 heterocycles. The molecule has 0 radical (unpaired) electrons. The fraction of sp³-hybridized carbons (Fsp3) is 0.333. The van der Waals surface area contributed by atoms with Crippen LogP contribution in [0.5, 0.6) is 5.75 Å². The van der Waals surface area contributed by atoms with Gasteiger partial charge in [-0.2, -0.15) is 0 Å². The minimum absolute atomic E-state index is 0.632. The zero-order valence-corrected chi connectivity index (χ0v) is 7.86. The summed E-state index contributed by atoms with van der Waals surface area (Å²) in [6, 6.07) is 5.48. The molecule has 0 aliphatic heterocycles. The quantitative estimate of drug-likeness (QED) is 0.728. The van der Waals surface area contributed by atoms with E-state index in [4.69, 9.17) is 4.74 Å². The number of fused-ring (bicyclic) bond motifs is 1. The van der Waals surface area contributed by atoms with Crippen LogP contribution in [-0.2, 0) is 0 Å². The Hall–Kier alpha value is -1.62. The molecule has 1 aromatic carbocycles. The molecule has 0 atom stereocenters. The molecule has 0 amide bonds. The van der Waals surface area contributed by atoms with Gasteiger partial charge in [-0.05, 0) is 29.5 Å².